The molecule has 2 N–H and O–H groups in total. The topological polar surface area (TPSA) is 53.6 Å². The Kier molecular flexibility index (Phi) is 4.13. The van der Waals surface area contributed by atoms with Crippen molar-refractivity contribution in [3.8, 4) is 0 Å². The van der Waals surface area contributed by atoms with Crippen molar-refractivity contribution in [3.05, 3.63) is 69.7 Å². The molecule has 3 rings (SSSR count). The normalized spacial score (nSPS) is 12.5. The number of nitrogens with zero attached hydrogens (tertiary/aromatic N) is 2. The Labute approximate surface area is 128 Å². The maximum Gasteiger partial charge on any atom is 0.0922 e. The fourth-order valence-electron chi connectivity index (χ4n) is 2.41. The Morgan fingerprint density at radius 3 is 2.67 bits per heavy atom. The first-order chi connectivity index (χ1) is 10.2. The van der Waals surface area contributed by atoms with E-state index in [4.69, 9.17) is 0 Å². The molecule has 3 aromatic rings. The summed E-state index contributed by atoms with van der Waals surface area (Å²) in [6.07, 6.45) is 3.59. The van der Waals surface area contributed by atoms with Gasteiger partial charge in [0.25, 0.3) is 0 Å². The molecule has 0 fully saturated rings. The molecule has 0 aliphatic heterocycles. The molecule has 108 valence electrons. The molecule has 1 aromatic carbocycles. The van der Waals surface area contributed by atoms with Gasteiger partial charge in [-0.05, 0) is 19.4 Å². The zero-order chi connectivity index (χ0) is 14.7. The average molecular weight is 298 g/mol. The van der Waals surface area contributed by atoms with E-state index in [1.165, 1.54) is 10.4 Å². The Balaban J connectivity index is 1.82. The van der Waals surface area contributed by atoms with E-state index in [1.807, 2.05) is 19.2 Å². The number of aromatic nitrogens is 3. The molecule has 4 nitrogen and oxygen atoms in total. The summed E-state index contributed by atoms with van der Waals surface area (Å²) in [6.45, 7) is 4.91. The van der Waals surface area contributed by atoms with Crippen LogP contribution >= 0.6 is 11.3 Å². The van der Waals surface area contributed by atoms with Crippen LogP contribution in [0.5, 0.6) is 0 Å². The molecule has 0 amide bonds. The molecule has 0 aliphatic carbocycles. The lowest BCUT2D eigenvalue weighted by Gasteiger charge is -2.17. The zero-order valence-electron chi connectivity index (χ0n) is 12.1. The second kappa shape index (κ2) is 6.20. The molecule has 1 unspecified atom stereocenters. The minimum Gasteiger partial charge on any atom is -0.347 e. The molecule has 2 heterocycles. The van der Waals surface area contributed by atoms with Crippen molar-refractivity contribution in [2.75, 3.05) is 0 Å². The van der Waals surface area contributed by atoms with Crippen molar-refractivity contribution in [2.45, 2.75) is 26.4 Å². The van der Waals surface area contributed by atoms with Crippen LogP contribution < -0.4 is 5.32 Å². The minimum atomic E-state index is 0.107. The number of aryl methyl sites for hydroxylation is 2. The molecule has 0 aliphatic rings. The van der Waals surface area contributed by atoms with Crippen molar-refractivity contribution in [1.82, 2.24) is 20.3 Å². The molecule has 2 aromatic heterocycles. The van der Waals surface area contributed by atoms with Crippen LogP contribution in [0.4, 0.5) is 0 Å². The summed E-state index contributed by atoms with van der Waals surface area (Å²) in [5.74, 6) is 0. The predicted molar refractivity (Wildman–Crippen MR) is 85.3 cm³/mol. The predicted octanol–water partition coefficient (Wildman–Crippen LogP) is 3.36. The average Bonchev–Trinajstić information content (AvgIpc) is 3.11. The first kappa shape index (κ1) is 14.0. The summed E-state index contributed by atoms with van der Waals surface area (Å²) in [5.41, 5.74) is 3.40. The molecular weight excluding hydrogens is 280 g/mol. The van der Waals surface area contributed by atoms with Crippen LogP contribution in [-0.4, -0.2) is 15.0 Å². The van der Waals surface area contributed by atoms with Gasteiger partial charge in [-0.15, -0.1) is 11.3 Å². The van der Waals surface area contributed by atoms with Gasteiger partial charge in [-0.1, -0.05) is 30.3 Å². The molecule has 0 radical (unpaired) electrons. The number of hydrogen-bond acceptors (Lipinski definition) is 4. The highest BCUT2D eigenvalue weighted by atomic mass is 32.1. The Hall–Kier alpha value is -1.98. The van der Waals surface area contributed by atoms with Crippen LogP contribution in [0.15, 0.2) is 42.9 Å². The second-order valence-corrected chi connectivity index (χ2v) is 6.26. The van der Waals surface area contributed by atoms with Crippen molar-refractivity contribution < 1.29 is 0 Å². The summed E-state index contributed by atoms with van der Waals surface area (Å²) in [7, 11) is 0. The fourth-order valence-corrected chi connectivity index (χ4v) is 3.30. The van der Waals surface area contributed by atoms with Gasteiger partial charge < -0.3 is 4.98 Å². The van der Waals surface area contributed by atoms with Gasteiger partial charge in [0.1, 0.15) is 0 Å². The minimum absolute atomic E-state index is 0.107. The van der Waals surface area contributed by atoms with E-state index < -0.39 is 0 Å². The number of imidazole rings is 1. The summed E-state index contributed by atoms with van der Waals surface area (Å²) in [4.78, 5) is 13.1. The SMILES string of the molecule is Cc1nc(C)c(CNC(c2ccccc2)c2cnc[nH]2)s1. The van der Waals surface area contributed by atoms with Gasteiger partial charge in [0.2, 0.25) is 0 Å². The smallest absolute Gasteiger partial charge is 0.0922 e. The molecule has 0 bridgehead atoms. The molecular formula is C16H18N4S. The van der Waals surface area contributed by atoms with E-state index >= 15 is 0 Å². The molecule has 5 heteroatoms. The summed E-state index contributed by atoms with van der Waals surface area (Å²) in [6, 6.07) is 10.5. The van der Waals surface area contributed by atoms with E-state index in [0.29, 0.717) is 0 Å². The van der Waals surface area contributed by atoms with Gasteiger partial charge in [0, 0.05) is 17.6 Å². The number of rotatable bonds is 5. The van der Waals surface area contributed by atoms with Crippen LogP contribution in [0.2, 0.25) is 0 Å². The molecule has 1 atom stereocenters. The highest BCUT2D eigenvalue weighted by Gasteiger charge is 2.16. The van der Waals surface area contributed by atoms with E-state index in [0.717, 1.165) is 22.9 Å². The third-order valence-corrected chi connectivity index (χ3v) is 4.50. The van der Waals surface area contributed by atoms with Gasteiger partial charge in [-0.2, -0.15) is 0 Å². The maximum absolute atomic E-state index is 4.48. The fraction of sp³-hybridized carbons (Fsp3) is 0.250. The first-order valence-corrected chi connectivity index (χ1v) is 7.75. The van der Waals surface area contributed by atoms with E-state index in [9.17, 15) is 0 Å². The largest absolute Gasteiger partial charge is 0.347 e. The molecule has 0 saturated carbocycles. The lowest BCUT2D eigenvalue weighted by atomic mass is 10.0. The highest BCUT2D eigenvalue weighted by molar-refractivity contribution is 7.11. The number of hydrogen-bond donors (Lipinski definition) is 2. The van der Waals surface area contributed by atoms with Gasteiger partial charge in [-0.25, -0.2) is 9.97 Å². The monoisotopic (exact) mass is 298 g/mol. The molecule has 0 saturated heterocycles. The van der Waals surface area contributed by atoms with Crippen molar-refractivity contribution >= 4 is 11.3 Å². The number of aromatic amines is 1. The van der Waals surface area contributed by atoms with Crippen LogP contribution in [0.3, 0.4) is 0 Å². The van der Waals surface area contributed by atoms with E-state index in [2.05, 4.69) is 51.5 Å². The Morgan fingerprint density at radius 2 is 2.05 bits per heavy atom. The number of benzene rings is 1. The standard InChI is InChI=1S/C16H18N4S/c1-11-15(21-12(2)20-11)9-18-16(14-8-17-10-19-14)13-6-4-3-5-7-13/h3-8,10,16,18H,9H2,1-2H3,(H,17,19). The quantitative estimate of drug-likeness (QED) is 0.759. The van der Waals surface area contributed by atoms with Crippen LogP contribution in [0, 0.1) is 13.8 Å². The lowest BCUT2D eigenvalue weighted by molar-refractivity contribution is 0.596. The maximum atomic E-state index is 4.48. The van der Waals surface area contributed by atoms with Gasteiger partial charge in [0.05, 0.1) is 28.8 Å². The van der Waals surface area contributed by atoms with Crippen molar-refractivity contribution in [1.29, 1.82) is 0 Å². The first-order valence-electron chi connectivity index (χ1n) is 6.93. The second-order valence-electron chi connectivity index (χ2n) is 4.97. The number of nitrogens with one attached hydrogen (secondary N) is 2. The third-order valence-electron chi connectivity index (χ3n) is 3.43. The van der Waals surface area contributed by atoms with Gasteiger partial charge >= 0.3 is 0 Å². The molecule has 0 spiro atoms. The van der Waals surface area contributed by atoms with Gasteiger partial charge in [-0.3, -0.25) is 5.32 Å². The lowest BCUT2D eigenvalue weighted by Crippen LogP contribution is -2.22. The van der Waals surface area contributed by atoms with Gasteiger partial charge in [0.15, 0.2) is 0 Å². The van der Waals surface area contributed by atoms with Crippen LogP contribution in [-0.2, 0) is 6.54 Å². The summed E-state index contributed by atoms with van der Waals surface area (Å²) in [5, 5.41) is 4.72. The van der Waals surface area contributed by atoms with Crippen LogP contribution in [0.1, 0.15) is 32.9 Å². The summed E-state index contributed by atoms with van der Waals surface area (Å²) < 4.78 is 0. The van der Waals surface area contributed by atoms with Crippen molar-refractivity contribution in [3.63, 3.8) is 0 Å². The number of H-pyrrole nitrogens is 1. The third kappa shape index (κ3) is 3.20. The highest BCUT2D eigenvalue weighted by Crippen LogP contribution is 2.22. The number of thiazole rings is 1. The zero-order valence-corrected chi connectivity index (χ0v) is 12.9. The summed E-state index contributed by atoms with van der Waals surface area (Å²) >= 11 is 1.75. The van der Waals surface area contributed by atoms with Crippen molar-refractivity contribution in [2.24, 2.45) is 0 Å². The Bertz CT molecular complexity index is 688. The van der Waals surface area contributed by atoms with E-state index in [1.54, 1.807) is 17.7 Å². The Morgan fingerprint density at radius 1 is 1.24 bits per heavy atom. The molecule has 21 heavy (non-hydrogen) atoms. The van der Waals surface area contributed by atoms with Crippen LogP contribution in [0.25, 0.3) is 0 Å². The van der Waals surface area contributed by atoms with E-state index in [-0.39, 0.29) is 6.04 Å².